The maximum atomic E-state index is 5.96. The monoisotopic (exact) mass is 172 g/mol. The van der Waals surface area contributed by atoms with Gasteiger partial charge in [0.2, 0.25) is 0 Å². The highest BCUT2D eigenvalue weighted by atomic mass is 35.5. The van der Waals surface area contributed by atoms with Gasteiger partial charge in [-0.2, -0.15) is 0 Å². The van der Waals surface area contributed by atoms with Crippen molar-refractivity contribution in [3.8, 4) is 0 Å². The van der Waals surface area contributed by atoms with E-state index in [-0.39, 0.29) is 5.38 Å². The van der Waals surface area contributed by atoms with Gasteiger partial charge >= 0.3 is 0 Å². The number of epoxide rings is 1. The Morgan fingerprint density at radius 3 is 2.91 bits per heavy atom. The van der Waals surface area contributed by atoms with Crippen LogP contribution in [0.5, 0.6) is 0 Å². The van der Waals surface area contributed by atoms with Gasteiger partial charge < -0.3 is 4.74 Å². The average molecular weight is 173 g/mol. The molecule has 4 unspecified atom stereocenters. The second kappa shape index (κ2) is 2.80. The Hall–Kier alpha value is -0.0100. The van der Waals surface area contributed by atoms with Crippen molar-refractivity contribution in [1.29, 1.82) is 0 Å². The lowest BCUT2D eigenvalue weighted by atomic mass is 10.0. The summed E-state index contributed by atoms with van der Waals surface area (Å²) in [4.78, 5) is 0. The van der Waals surface area contributed by atoms with Crippen LogP contribution in [0.1, 0.15) is 19.3 Å². The van der Waals surface area contributed by atoms with Crippen molar-refractivity contribution >= 4 is 11.6 Å². The summed E-state index contributed by atoms with van der Waals surface area (Å²) in [5.74, 6) is 0.709. The van der Waals surface area contributed by atoms with E-state index in [1.165, 1.54) is 12.8 Å². The minimum atomic E-state index is 0.142. The van der Waals surface area contributed by atoms with Crippen molar-refractivity contribution in [3.63, 3.8) is 0 Å². The van der Waals surface area contributed by atoms with E-state index in [9.17, 15) is 0 Å². The van der Waals surface area contributed by atoms with E-state index < -0.39 is 0 Å². The van der Waals surface area contributed by atoms with E-state index >= 15 is 0 Å². The van der Waals surface area contributed by atoms with Crippen LogP contribution < -0.4 is 0 Å². The zero-order valence-electron chi connectivity index (χ0n) is 6.50. The molecular formula is C9H13ClO. The van der Waals surface area contributed by atoms with Gasteiger partial charge in [0.25, 0.3) is 0 Å². The fourth-order valence-electron chi connectivity index (χ4n) is 1.98. The number of allylic oxidation sites excluding steroid dienone is 1. The van der Waals surface area contributed by atoms with Crippen LogP contribution in [-0.4, -0.2) is 17.6 Å². The summed E-state index contributed by atoms with van der Waals surface area (Å²) in [5, 5.41) is 0.142. The van der Waals surface area contributed by atoms with Crippen LogP contribution in [0.25, 0.3) is 0 Å². The molecule has 0 amide bonds. The maximum Gasteiger partial charge on any atom is 0.0870 e. The summed E-state index contributed by atoms with van der Waals surface area (Å²) >= 11 is 5.96. The molecule has 2 rings (SSSR count). The first kappa shape index (κ1) is 7.63. The fourth-order valence-corrected chi connectivity index (χ4v) is 2.21. The molecule has 4 atom stereocenters. The number of halogens is 1. The normalized spacial score (nSPS) is 43.2. The Labute approximate surface area is 72.4 Å². The topological polar surface area (TPSA) is 12.5 Å². The molecule has 2 heteroatoms. The number of rotatable bonds is 3. The molecule has 0 aromatic rings. The molecule has 62 valence electrons. The highest BCUT2D eigenvalue weighted by Gasteiger charge is 2.49. The van der Waals surface area contributed by atoms with Crippen LogP contribution >= 0.6 is 11.6 Å². The molecule has 0 bridgehead atoms. The van der Waals surface area contributed by atoms with Crippen LogP contribution in [0.3, 0.4) is 0 Å². The summed E-state index contributed by atoms with van der Waals surface area (Å²) in [7, 11) is 0. The molecule has 1 aliphatic heterocycles. The van der Waals surface area contributed by atoms with Crippen molar-refractivity contribution < 1.29 is 4.74 Å². The van der Waals surface area contributed by atoms with Gasteiger partial charge in [0, 0.05) is 0 Å². The van der Waals surface area contributed by atoms with Gasteiger partial charge in [-0.1, -0.05) is 6.08 Å². The molecule has 0 aromatic carbocycles. The van der Waals surface area contributed by atoms with Crippen LogP contribution in [0.15, 0.2) is 12.7 Å². The van der Waals surface area contributed by atoms with E-state index in [0.29, 0.717) is 18.1 Å². The Morgan fingerprint density at radius 2 is 2.45 bits per heavy atom. The van der Waals surface area contributed by atoms with Gasteiger partial charge in [0.1, 0.15) is 0 Å². The van der Waals surface area contributed by atoms with E-state index in [0.717, 1.165) is 6.42 Å². The zero-order valence-corrected chi connectivity index (χ0v) is 7.26. The molecule has 2 aliphatic rings. The third kappa shape index (κ3) is 1.45. The Balaban J connectivity index is 1.82. The highest BCUT2D eigenvalue weighted by molar-refractivity contribution is 6.21. The molecule has 11 heavy (non-hydrogen) atoms. The molecule has 0 radical (unpaired) electrons. The standard InChI is InChI=1S/C9H13ClO/c1-2-7(10)5-6-3-4-8-9(6)11-8/h2,6-9H,1,3-5H2. The number of alkyl halides is 1. The molecule has 1 nitrogen and oxygen atoms in total. The Kier molecular flexibility index (Phi) is 1.94. The maximum absolute atomic E-state index is 5.96. The van der Waals surface area contributed by atoms with Crippen molar-refractivity contribution in [2.45, 2.75) is 36.8 Å². The van der Waals surface area contributed by atoms with Crippen LogP contribution in [0, 0.1) is 5.92 Å². The Morgan fingerprint density at radius 1 is 1.64 bits per heavy atom. The molecule has 0 N–H and O–H groups in total. The predicted molar refractivity (Wildman–Crippen MR) is 45.8 cm³/mol. The van der Waals surface area contributed by atoms with Gasteiger partial charge in [-0.3, -0.25) is 0 Å². The molecule has 0 spiro atoms. The predicted octanol–water partition coefficient (Wildman–Crippen LogP) is 2.35. The minimum absolute atomic E-state index is 0.142. The van der Waals surface area contributed by atoms with Gasteiger partial charge in [-0.05, 0) is 25.2 Å². The molecule has 2 fully saturated rings. The molecular weight excluding hydrogens is 160 g/mol. The fraction of sp³-hybridized carbons (Fsp3) is 0.778. The van der Waals surface area contributed by atoms with E-state index in [1.807, 2.05) is 6.08 Å². The van der Waals surface area contributed by atoms with Gasteiger partial charge in [0.15, 0.2) is 0 Å². The van der Waals surface area contributed by atoms with Crippen molar-refractivity contribution in [2.75, 3.05) is 0 Å². The second-order valence-corrected chi connectivity index (χ2v) is 4.02. The van der Waals surface area contributed by atoms with Gasteiger partial charge in [-0.15, -0.1) is 18.2 Å². The van der Waals surface area contributed by atoms with Crippen LogP contribution in [0.2, 0.25) is 0 Å². The van der Waals surface area contributed by atoms with Gasteiger partial charge in [0.05, 0.1) is 17.6 Å². The first-order chi connectivity index (χ1) is 5.31. The smallest absolute Gasteiger partial charge is 0.0870 e. The van der Waals surface area contributed by atoms with E-state index in [2.05, 4.69) is 6.58 Å². The lowest BCUT2D eigenvalue weighted by Gasteiger charge is -2.11. The highest BCUT2D eigenvalue weighted by Crippen LogP contribution is 2.45. The largest absolute Gasteiger partial charge is 0.369 e. The second-order valence-electron chi connectivity index (χ2n) is 3.46. The number of fused-ring (bicyclic) bond motifs is 1. The molecule has 1 saturated heterocycles. The molecule has 1 saturated carbocycles. The van der Waals surface area contributed by atoms with Gasteiger partial charge in [-0.25, -0.2) is 0 Å². The first-order valence-electron chi connectivity index (χ1n) is 4.23. The van der Waals surface area contributed by atoms with Crippen LogP contribution in [0.4, 0.5) is 0 Å². The van der Waals surface area contributed by atoms with E-state index in [4.69, 9.17) is 16.3 Å². The summed E-state index contributed by atoms with van der Waals surface area (Å²) < 4.78 is 5.42. The van der Waals surface area contributed by atoms with Crippen LogP contribution in [-0.2, 0) is 4.74 Å². The van der Waals surface area contributed by atoms with Crippen molar-refractivity contribution in [2.24, 2.45) is 5.92 Å². The zero-order chi connectivity index (χ0) is 7.84. The average Bonchev–Trinajstić information content (AvgIpc) is 2.70. The number of hydrogen-bond donors (Lipinski definition) is 0. The third-order valence-corrected chi connectivity index (χ3v) is 3.05. The summed E-state index contributed by atoms with van der Waals surface area (Å²) in [6.07, 6.45) is 6.55. The minimum Gasteiger partial charge on any atom is -0.369 e. The SMILES string of the molecule is C=CC(Cl)CC1CCC2OC12. The summed E-state index contributed by atoms with van der Waals surface area (Å²) in [6, 6.07) is 0. The number of ether oxygens (including phenoxy) is 1. The summed E-state index contributed by atoms with van der Waals surface area (Å²) in [5.41, 5.74) is 0. The molecule has 1 aliphatic carbocycles. The lowest BCUT2D eigenvalue weighted by Crippen LogP contribution is -2.09. The number of hydrogen-bond acceptors (Lipinski definition) is 1. The molecule has 1 heterocycles. The molecule has 0 aromatic heterocycles. The third-order valence-electron chi connectivity index (χ3n) is 2.69. The van der Waals surface area contributed by atoms with E-state index in [1.54, 1.807) is 0 Å². The summed E-state index contributed by atoms with van der Waals surface area (Å²) in [6.45, 7) is 3.67. The lowest BCUT2D eigenvalue weighted by molar-refractivity contribution is 0.259. The van der Waals surface area contributed by atoms with Crippen molar-refractivity contribution in [1.82, 2.24) is 0 Å². The van der Waals surface area contributed by atoms with Crippen molar-refractivity contribution in [3.05, 3.63) is 12.7 Å². The Bertz CT molecular complexity index is 169. The first-order valence-corrected chi connectivity index (χ1v) is 4.67. The quantitative estimate of drug-likeness (QED) is 0.362.